The lowest BCUT2D eigenvalue weighted by molar-refractivity contribution is -0.152. The lowest BCUT2D eigenvalue weighted by Crippen LogP contribution is -2.27. The summed E-state index contributed by atoms with van der Waals surface area (Å²) in [6, 6.07) is 14.0. The summed E-state index contributed by atoms with van der Waals surface area (Å²) in [5, 5.41) is 1.01. The van der Waals surface area contributed by atoms with Gasteiger partial charge in [0.05, 0.1) is 27.3 Å². The van der Waals surface area contributed by atoms with Gasteiger partial charge in [-0.15, -0.1) is 11.3 Å². The number of esters is 1. The van der Waals surface area contributed by atoms with Gasteiger partial charge in [0.2, 0.25) is 5.89 Å². The number of thiazole rings is 1. The Kier molecular flexibility index (Phi) is 5.51. The van der Waals surface area contributed by atoms with Gasteiger partial charge in [-0.05, 0) is 49.2 Å². The second kappa shape index (κ2) is 8.59. The van der Waals surface area contributed by atoms with Crippen LogP contribution in [0.5, 0.6) is 0 Å². The van der Waals surface area contributed by atoms with E-state index in [0.717, 1.165) is 46.5 Å². The van der Waals surface area contributed by atoms with Crippen molar-refractivity contribution in [3.63, 3.8) is 0 Å². The van der Waals surface area contributed by atoms with E-state index < -0.39 is 0 Å². The molecule has 2 aromatic carbocycles. The third-order valence-electron chi connectivity index (χ3n) is 5.72. The third-order valence-corrected chi connectivity index (χ3v) is 6.88. The van der Waals surface area contributed by atoms with Crippen LogP contribution in [0, 0.1) is 11.7 Å². The molecule has 0 saturated heterocycles. The minimum atomic E-state index is -0.312. The Bertz CT molecular complexity index is 1170. The molecule has 2 heterocycles. The van der Waals surface area contributed by atoms with Crippen LogP contribution in [-0.2, 0) is 16.1 Å². The highest BCUT2D eigenvalue weighted by atomic mass is 32.1. The number of nitrogens with zero attached hydrogens (tertiary/aromatic N) is 2. The van der Waals surface area contributed by atoms with Gasteiger partial charge in [0.25, 0.3) is 0 Å². The first-order chi connectivity index (χ1) is 15.2. The molecule has 0 spiro atoms. The quantitative estimate of drug-likeness (QED) is 0.353. The number of hydrogen-bond acceptors (Lipinski definition) is 6. The third kappa shape index (κ3) is 4.23. The van der Waals surface area contributed by atoms with E-state index >= 15 is 0 Å². The highest BCUT2D eigenvalue weighted by molar-refractivity contribution is 7.18. The second-order valence-corrected chi connectivity index (χ2v) is 8.81. The van der Waals surface area contributed by atoms with Crippen molar-refractivity contribution in [2.24, 2.45) is 5.92 Å². The molecule has 4 aromatic rings. The van der Waals surface area contributed by atoms with Crippen molar-refractivity contribution in [2.45, 2.75) is 38.2 Å². The van der Waals surface area contributed by atoms with Gasteiger partial charge in [-0.1, -0.05) is 25.0 Å². The summed E-state index contributed by atoms with van der Waals surface area (Å²) < 4.78 is 25.5. The molecule has 7 heteroatoms. The van der Waals surface area contributed by atoms with E-state index in [-0.39, 0.29) is 30.2 Å². The number of ether oxygens (including phenoxy) is 1. The largest absolute Gasteiger partial charge is 0.455 e. The van der Waals surface area contributed by atoms with Gasteiger partial charge in [-0.2, -0.15) is 0 Å². The van der Waals surface area contributed by atoms with Crippen molar-refractivity contribution in [3.8, 4) is 11.3 Å². The molecule has 158 valence electrons. The van der Waals surface area contributed by atoms with Crippen molar-refractivity contribution < 1.29 is 18.3 Å². The van der Waals surface area contributed by atoms with Gasteiger partial charge >= 0.3 is 5.97 Å². The topological polar surface area (TPSA) is 65.2 Å². The summed E-state index contributed by atoms with van der Waals surface area (Å²) in [6.45, 7) is -0.0247. The smallest absolute Gasteiger partial charge is 0.310 e. The van der Waals surface area contributed by atoms with Gasteiger partial charge < -0.3 is 9.15 Å². The molecule has 0 N–H and O–H groups in total. The first-order valence-corrected chi connectivity index (χ1v) is 11.2. The zero-order chi connectivity index (χ0) is 21.2. The molecule has 31 heavy (non-hydrogen) atoms. The lowest BCUT2D eigenvalue weighted by Gasteiger charge is -2.28. The number of para-hydroxylation sites is 1. The number of hydrogen-bond donors (Lipinski definition) is 0. The number of benzene rings is 2. The molecule has 1 saturated carbocycles. The Balaban J connectivity index is 1.27. The molecule has 0 radical (unpaired) electrons. The molecule has 2 aromatic heterocycles. The molecule has 2 atom stereocenters. The molecule has 1 aliphatic carbocycles. The first kappa shape index (κ1) is 19.9. The molecule has 5 nitrogen and oxygen atoms in total. The Hall–Kier alpha value is -3.06. The van der Waals surface area contributed by atoms with Gasteiger partial charge in [0.15, 0.2) is 12.4 Å². The van der Waals surface area contributed by atoms with Gasteiger partial charge in [-0.25, -0.2) is 14.4 Å². The van der Waals surface area contributed by atoms with Crippen LogP contribution >= 0.6 is 11.3 Å². The summed E-state index contributed by atoms with van der Waals surface area (Å²) in [4.78, 5) is 21.9. The zero-order valence-corrected chi connectivity index (χ0v) is 17.6. The van der Waals surface area contributed by atoms with Gasteiger partial charge in [0, 0.05) is 11.5 Å². The van der Waals surface area contributed by atoms with Crippen LogP contribution < -0.4 is 0 Å². The molecule has 5 rings (SSSR count). The second-order valence-electron chi connectivity index (χ2n) is 7.75. The molecule has 0 amide bonds. The fourth-order valence-corrected chi connectivity index (χ4v) is 5.29. The lowest BCUT2D eigenvalue weighted by atomic mass is 9.79. The molecule has 0 aliphatic heterocycles. The average Bonchev–Trinajstić information content (AvgIpc) is 3.45. The maximum absolute atomic E-state index is 13.1. The number of rotatable bonds is 5. The fourth-order valence-electron chi connectivity index (χ4n) is 4.12. The van der Waals surface area contributed by atoms with Crippen LogP contribution in [-0.4, -0.2) is 15.9 Å². The fraction of sp³-hybridized carbons (Fsp3) is 0.292. The van der Waals surface area contributed by atoms with Crippen LogP contribution in [0.3, 0.4) is 0 Å². The SMILES string of the molecule is O=C(OCc1ncc(-c2ccc(F)cc2)o1)[C@@H]1CCCC[C@@H]1c1nc2ccccc2s1. The van der Waals surface area contributed by atoms with Gasteiger partial charge in [0.1, 0.15) is 5.82 Å². The summed E-state index contributed by atoms with van der Waals surface area (Å²) in [7, 11) is 0. The molecule has 0 unspecified atom stereocenters. The minimum absolute atomic E-state index is 0.0247. The van der Waals surface area contributed by atoms with Crippen LogP contribution in [0.4, 0.5) is 4.39 Å². The van der Waals surface area contributed by atoms with Crippen LogP contribution in [0.15, 0.2) is 59.1 Å². The summed E-state index contributed by atoms with van der Waals surface area (Å²) in [5.41, 5.74) is 1.70. The molecular formula is C24H21FN2O3S. The molecule has 1 aliphatic rings. The number of carbonyl (C=O) groups is 1. The van der Waals surface area contributed by atoms with E-state index in [9.17, 15) is 9.18 Å². The first-order valence-electron chi connectivity index (χ1n) is 10.4. The maximum Gasteiger partial charge on any atom is 0.310 e. The van der Waals surface area contributed by atoms with E-state index in [2.05, 4.69) is 11.1 Å². The van der Waals surface area contributed by atoms with Crippen LogP contribution in [0.1, 0.15) is 42.5 Å². The summed E-state index contributed by atoms with van der Waals surface area (Å²) in [6.07, 6.45) is 5.39. The Morgan fingerprint density at radius 1 is 1.13 bits per heavy atom. The van der Waals surface area contributed by atoms with E-state index in [0.29, 0.717) is 11.7 Å². The predicted molar refractivity (Wildman–Crippen MR) is 116 cm³/mol. The molecule has 1 fully saturated rings. The number of oxazole rings is 1. The van der Waals surface area contributed by atoms with E-state index in [1.54, 1.807) is 29.7 Å². The average molecular weight is 437 g/mol. The van der Waals surface area contributed by atoms with Crippen molar-refractivity contribution in [2.75, 3.05) is 0 Å². The normalized spacial score (nSPS) is 18.9. The maximum atomic E-state index is 13.1. The Labute approximate surface area is 182 Å². The number of fused-ring (bicyclic) bond motifs is 1. The summed E-state index contributed by atoms with van der Waals surface area (Å²) >= 11 is 1.66. The van der Waals surface area contributed by atoms with Crippen molar-refractivity contribution in [1.82, 2.24) is 9.97 Å². The van der Waals surface area contributed by atoms with Crippen molar-refractivity contribution in [1.29, 1.82) is 0 Å². The molecular weight excluding hydrogens is 415 g/mol. The van der Waals surface area contributed by atoms with Crippen LogP contribution in [0.25, 0.3) is 21.5 Å². The minimum Gasteiger partial charge on any atom is -0.455 e. The zero-order valence-electron chi connectivity index (χ0n) is 16.8. The standard InChI is InChI=1S/C24H21FN2O3S/c25-16-11-9-15(10-12-16)20-13-26-22(30-20)14-29-24(28)18-6-2-1-5-17(18)23-27-19-7-3-4-8-21(19)31-23/h3-4,7-13,17-18H,1-2,5-6,14H2/t17-,18+/m0/s1. The van der Waals surface area contributed by atoms with E-state index in [1.807, 2.05) is 18.2 Å². The van der Waals surface area contributed by atoms with Crippen molar-refractivity contribution >= 4 is 27.5 Å². The monoisotopic (exact) mass is 436 g/mol. The Morgan fingerprint density at radius 2 is 1.94 bits per heavy atom. The summed E-state index contributed by atoms with van der Waals surface area (Å²) in [5.74, 6) is 0.160. The number of carbonyl (C=O) groups excluding carboxylic acids is 1. The van der Waals surface area contributed by atoms with Crippen molar-refractivity contribution in [3.05, 3.63) is 71.4 Å². The predicted octanol–water partition coefficient (Wildman–Crippen LogP) is 6.11. The number of halogens is 1. The van der Waals surface area contributed by atoms with E-state index in [4.69, 9.17) is 14.1 Å². The highest BCUT2D eigenvalue weighted by Crippen LogP contribution is 2.41. The highest BCUT2D eigenvalue weighted by Gasteiger charge is 2.35. The Morgan fingerprint density at radius 3 is 2.77 bits per heavy atom. The number of aromatic nitrogens is 2. The van der Waals surface area contributed by atoms with Crippen LogP contribution in [0.2, 0.25) is 0 Å². The van der Waals surface area contributed by atoms with Gasteiger partial charge in [-0.3, -0.25) is 4.79 Å². The van der Waals surface area contributed by atoms with E-state index in [1.165, 1.54) is 12.1 Å². The molecule has 0 bridgehead atoms.